The van der Waals surface area contributed by atoms with Crippen molar-refractivity contribution in [2.24, 2.45) is 20.0 Å². The average molecular weight is 827 g/mol. The van der Waals surface area contributed by atoms with Crippen molar-refractivity contribution in [3.8, 4) is 52.0 Å². The summed E-state index contributed by atoms with van der Waals surface area (Å²) in [5.41, 5.74) is 4.49. The molecule has 2 saturated carbocycles. The van der Waals surface area contributed by atoms with Crippen LogP contribution in [-0.2, 0) is 14.1 Å². The summed E-state index contributed by atoms with van der Waals surface area (Å²) in [7, 11) is 9.84. The van der Waals surface area contributed by atoms with Gasteiger partial charge in [0.15, 0.2) is 34.5 Å². The lowest BCUT2D eigenvalue weighted by atomic mass is 10.1. The third-order valence-corrected chi connectivity index (χ3v) is 9.68. The van der Waals surface area contributed by atoms with Crippen LogP contribution < -0.4 is 35.5 Å². The highest BCUT2D eigenvalue weighted by Gasteiger charge is 2.23. The van der Waals surface area contributed by atoms with E-state index in [2.05, 4.69) is 73.7 Å². The van der Waals surface area contributed by atoms with Gasteiger partial charge in [0.2, 0.25) is 5.88 Å². The zero-order valence-corrected chi connectivity index (χ0v) is 34.7. The van der Waals surface area contributed by atoms with Crippen molar-refractivity contribution in [3.05, 3.63) is 78.3 Å². The molecule has 2 aromatic carbocycles. The van der Waals surface area contributed by atoms with Gasteiger partial charge >= 0.3 is 0 Å². The molecule has 2 aliphatic carbocycles. The molecule has 61 heavy (non-hydrogen) atoms. The third kappa shape index (κ3) is 9.99. The lowest BCUT2D eigenvalue weighted by Gasteiger charge is -2.17. The van der Waals surface area contributed by atoms with E-state index in [9.17, 15) is 9.59 Å². The van der Waals surface area contributed by atoms with Crippen molar-refractivity contribution in [2.75, 3.05) is 38.9 Å². The molecule has 8 rings (SSSR count). The smallest absolute Gasteiger partial charge is 0.273 e. The Morgan fingerprint density at radius 3 is 1.69 bits per heavy atom. The van der Waals surface area contributed by atoms with E-state index < -0.39 is 0 Å². The van der Waals surface area contributed by atoms with Crippen LogP contribution in [0.3, 0.4) is 0 Å². The number of para-hydroxylation sites is 2. The number of ether oxygens (including phenoxy) is 3. The second-order valence-electron chi connectivity index (χ2n) is 14.2. The number of amides is 2. The van der Waals surface area contributed by atoms with Gasteiger partial charge in [-0.3, -0.25) is 19.0 Å². The number of nitrogens with zero attached hydrogens (tertiary/aromatic N) is 10. The van der Waals surface area contributed by atoms with Crippen LogP contribution in [-0.4, -0.2) is 96.2 Å². The zero-order valence-electron chi connectivity index (χ0n) is 34.7. The number of aromatic nitrogens is 10. The maximum absolute atomic E-state index is 12.4. The zero-order chi connectivity index (χ0) is 42.9. The largest absolute Gasteiger partial charge is 0.494 e. The molecule has 2 fully saturated rings. The summed E-state index contributed by atoms with van der Waals surface area (Å²) in [6.07, 6.45) is 9.88. The van der Waals surface area contributed by atoms with Gasteiger partial charge in [-0.2, -0.15) is 10.2 Å². The summed E-state index contributed by atoms with van der Waals surface area (Å²) >= 11 is 0. The van der Waals surface area contributed by atoms with Crippen LogP contribution in [0.5, 0.6) is 17.4 Å². The molecule has 6 aromatic rings. The molecule has 0 spiro atoms. The fraction of sp³-hybridized carbons (Fsp3) is 0.333. The Morgan fingerprint density at radius 2 is 1.21 bits per heavy atom. The third-order valence-electron chi connectivity index (χ3n) is 9.68. The minimum Gasteiger partial charge on any atom is -0.494 e. The molecule has 0 unspecified atom stereocenters. The van der Waals surface area contributed by atoms with Gasteiger partial charge in [-0.05, 0) is 68.7 Å². The summed E-state index contributed by atoms with van der Waals surface area (Å²) in [5, 5.41) is 36.8. The second kappa shape index (κ2) is 19.0. The maximum Gasteiger partial charge on any atom is 0.273 e. The minimum atomic E-state index is -0.357. The predicted molar refractivity (Wildman–Crippen MR) is 226 cm³/mol. The molecule has 19 heteroatoms. The first kappa shape index (κ1) is 41.5. The van der Waals surface area contributed by atoms with Crippen molar-refractivity contribution in [2.45, 2.75) is 44.6 Å². The van der Waals surface area contributed by atoms with Gasteiger partial charge in [-0.25, -0.2) is 9.97 Å². The Bertz CT molecular complexity index is 2590. The second-order valence-corrected chi connectivity index (χ2v) is 14.2. The molecule has 19 nitrogen and oxygen atoms in total. The van der Waals surface area contributed by atoms with Crippen molar-refractivity contribution in [3.63, 3.8) is 0 Å². The number of methoxy groups -OCH3 is 2. The Balaban J connectivity index is 0.000000184. The number of rotatable bonds is 12. The summed E-state index contributed by atoms with van der Waals surface area (Å²) in [6, 6.07) is 14.6. The average Bonchev–Trinajstić information content (AvgIpc) is 3.53. The molecule has 0 radical (unpaired) electrons. The van der Waals surface area contributed by atoms with Gasteiger partial charge in [0.25, 0.3) is 11.8 Å². The molecule has 2 amide bonds. The number of carbonyl (C=O) groups excluding carboxylic acids is 2. The van der Waals surface area contributed by atoms with E-state index in [1.165, 1.54) is 0 Å². The van der Waals surface area contributed by atoms with E-state index in [-0.39, 0.29) is 29.3 Å². The normalized spacial score (nSPS) is 13.2. The topological polar surface area (TPSA) is 223 Å². The summed E-state index contributed by atoms with van der Waals surface area (Å²) in [4.78, 5) is 33.3. The number of aryl methyl sites for hydroxylation is 2. The van der Waals surface area contributed by atoms with Crippen LogP contribution in [0, 0.1) is 17.8 Å². The molecule has 0 saturated heterocycles. The molecule has 4 N–H and O–H groups in total. The molecule has 4 aromatic heterocycles. The minimum absolute atomic E-state index is 0.126. The summed E-state index contributed by atoms with van der Waals surface area (Å²) < 4.78 is 20.5. The lowest BCUT2D eigenvalue weighted by Crippen LogP contribution is -2.22. The molecule has 0 aliphatic heterocycles. The van der Waals surface area contributed by atoms with Crippen molar-refractivity contribution in [1.29, 1.82) is 0 Å². The van der Waals surface area contributed by atoms with Gasteiger partial charge in [0, 0.05) is 46.2 Å². The first-order valence-corrected chi connectivity index (χ1v) is 19.7. The fourth-order valence-corrected chi connectivity index (χ4v) is 6.51. The van der Waals surface area contributed by atoms with Gasteiger partial charge < -0.3 is 35.5 Å². The molecular weight excluding hydrogens is 781 g/mol. The Morgan fingerprint density at radius 1 is 0.689 bits per heavy atom. The van der Waals surface area contributed by atoms with Crippen molar-refractivity contribution >= 4 is 34.6 Å². The fourth-order valence-electron chi connectivity index (χ4n) is 6.51. The van der Waals surface area contributed by atoms with E-state index in [1.54, 1.807) is 76.6 Å². The standard InChI is InChI=1S/C21H25N7O3.C21H21N7O2/c1-22-21(29)18-16(11-17(25-26-18)31-13-7-4-5-8-13)24-15-10-6-9-14(19(15)30-3)20-23-12-28(2)27-20;1-22-21(29)18-17(11-14(25-26-18)10-9-13-7-8-13)24-16-6-4-5-15(19(16)30-3)20-23-12-28(2)27-20/h6,9-13H,4-5,7-8H2,1-3H3,(H,22,29)(H,24,25);4-6,11-13H,7-8H2,1-3H3,(H,22,29)(H,24,25). The van der Waals surface area contributed by atoms with Crippen LogP contribution in [0.4, 0.5) is 22.7 Å². The number of nitrogens with one attached hydrogen (secondary N) is 4. The lowest BCUT2D eigenvalue weighted by molar-refractivity contribution is 0.0949. The Labute approximate surface area is 352 Å². The molecular formula is C42H46N14O5. The molecule has 2 aliphatic rings. The van der Waals surface area contributed by atoms with Crippen LogP contribution in [0.1, 0.15) is 65.2 Å². The van der Waals surface area contributed by atoms with Gasteiger partial charge in [0.1, 0.15) is 24.5 Å². The van der Waals surface area contributed by atoms with Crippen LogP contribution in [0.15, 0.2) is 61.2 Å². The predicted octanol–water partition coefficient (Wildman–Crippen LogP) is 4.85. The number of benzene rings is 2. The molecule has 4 heterocycles. The first-order chi connectivity index (χ1) is 29.7. The quantitative estimate of drug-likeness (QED) is 0.121. The molecule has 314 valence electrons. The SMILES string of the molecule is CNC(=O)c1nnc(C#CC2CC2)cc1Nc1cccc(-c2ncn(C)n2)c1OC.CNC(=O)c1nnc(OC2CCCC2)cc1Nc1cccc(-c2ncn(C)n2)c1OC. The van der Waals surface area contributed by atoms with E-state index in [0.29, 0.717) is 63.4 Å². The number of hydrogen-bond donors (Lipinski definition) is 4. The number of carbonyl (C=O) groups is 2. The van der Waals surface area contributed by atoms with Crippen molar-refractivity contribution < 1.29 is 23.8 Å². The van der Waals surface area contributed by atoms with Crippen LogP contribution >= 0.6 is 0 Å². The summed E-state index contributed by atoms with van der Waals surface area (Å²) in [5.74, 6) is 8.46. The first-order valence-electron chi connectivity index (χ1n) is 19.7. The Kier molecular flexibility index (Phi) is 12.9. The van der Waals surface area contributed by atoms with Gasteiger partial charge in [-0.15, -0.1) is 20.4 Å². The van der Waals surface area contributed by atoms with E-state index in [4.69, 9.17) is 14.2 Å². The van der Waals surface area contributed by atoms with E-state index in [0.717, 1.165) is 49.7 Å². The van der Waals surface area contributed by atoms with Crippen LogP contribution in [0.25, 0.3) is 22.8 Å². The van der Waals surface area contributed by atoms with Crippen molar-refractivity contribution in [1.82, 2.24) is 60.6 Å². The van der Waals surface area contributed by atoms with Crippen LogP contribution in [0.2, 0.25) is 0 Å². The van der Waals surface area contributed by atoms with Gasteiger partial charge in [-0.1, -0.05) is 18.1 Å². The molecule has 0 atom stereocenters. The monoisotopic (exact) mass is 826 g/mol. The number of hydrogen-bond acceptors (Lipinski definition) is 15. The highest BCUT2D eigenvalue weighted by atomic mass is 16.5. The highest BCUT2D eigenvalue weighted by molar-refractivity contribution is 5.99. The number of anilines is 4. The Hall–Kier alpha value is -7.62. The highest BCUT2D eigenvalue weighted by Crippen LogP contribution is 2.39. The molecule has 0 bridgehead atoms. The van der Waals surface area contributed by atoms with Gasteiger partial charge in [0.05, 0.1) is 48.1 Å². The summed E-state index contributed by atoms with van der Waals surface area (Å²) in [6.45, 7) is 0. The maximum atomic E-state index is 12.4. The van der Waals surface area contributed by atoms with E-state index in [1.807, 2.05) is 36.4 Å². The van der Waals surface area contributed by atoms with E-state index >= 15 is 0 Å².